The molecule has 3 nitrogen and oxygen atoms in total. The van der Waals surface area contributed by atoms with Gasteiger partial charge in [-0.05, 0) is 45.0 Å². The molecular formula is C10H7BrClNO2S. The molecule has 2 rings (SSSR count). The minimum absolute atomic E-state index is 0.114. The highest BCUT2D eigenvalue weighted by atomic mass is 79.9. The molecule has 0 aliphatic heterocycles. The van der Waals surface area contributed by atoms with Gasteiger partial charge in [-0.3, -0.25) is 4.79 Å². The molecule has 6 heteroatoms. The van der Waals surface area contributed by atoms with Gasteiger partial charge < -0.3 is 9.73 Å². The van der Waals surface area contributed by atoms with Gasteiger partial charge in [-0.2, -0.15) is 0 Å². The van der Waals surface area contributed by atoms with Crippen LogP contribution in [0, 0.1) is 0 Å². The van der Waals surface area contributed by atoms with Gasteiger partial charge in [0.1, 0.15) is 0 Å². The highest BCUT2D eigenvalue weighted by Gasteiger charge is 2.13. The van der Waals surface area contributed by atoms with Crippen LogP contribution >= 0.6 is 38.9 Å². The first kappa shape index (κ1) is 11.7. The van der Waals surface area contributed by atoms with Gasteiger partial charge in [0.15, 0.2) is 0 Å². The minimum Gasteiger partial charge on any atom is -0.452 e. The van der Waals surface area contributed by atoms with E-state index in [2.05, 4.69) is 21.2 Å². The summed E-state index contributed by atoms with van der Waals surface area (Å²) in [6, 6.07) is 3.48. The zero-order valence-corrected chi connectivity index (χ0v) is 11.2. The number of nitrogens with one attached hydrogen (secondary N) is 1. The molecule has 2 aromatic rings. The van der Waals surface area contributed by atoms with Gasteiger partial charge in [0.2, 0.25) is 5.22 Å². The van der Waals surface area contributed by atoms with E-state index in [1.165, 1.54) is 6.26 Å². The van der Waals surface area contributed by atoms with Gasteiger partial charge in [0, 0.05) is 9.35 Å². The highest BCUT2D eigenvalue weighted by molar-refractivity contribution is 9.10. The zero-order valence-electron chi connectivity index (χ0n) is 8.00. The molecule has 0 atom stereocenters. The Morgan fingerprint density at radius 1 is 1.56 bits per heavy atom. The summed E-state index contributed by atoms with van der Waals surface area (Å²) in [5.74, 6) is -0.237. The van der Waals surface area contributed by atoms with Crippen LogP contribution in [-0.2, 0) is 6.54 Å². The Labute approximate surface area is 110 Å². The summed E-state index contributed by atoms with van der Waals surface area (Å²) in [4.78, 5) is 12.7. The quantitative estimate of drug-likeness (QED) is 0.937. The molecular weight excluding hydrogens is 314 g/mol. The number of hydrogen-bond donors (Lipinski definition) is 1. The van der Waals surface area contributed by atoms with E-state index in [1.54, 1.807) is 17.4 Å². The number of rotatable bonds is 3. The van der Waals surface area contributed by atoms with Crippen molar-refractivity contribution in [3.8, 4) is 0 Å². The summed E-state index contributed by atoms with van der Waals surface area (Å²) in [6.45, 7) is 0.471. The molecule has 0 saturated carbocycles. The van der Waals surface area contributed by atoms with E-state index >= 15 is 0 Å². The molecule has 0 spiro atoms. The van der Waals surface area contributed by atoms with Crippen LogP contribution in [0.2, 0.25) is 5.22 Å². The van der Waals surface area contributed by atoms with Gasteiger partial charge in [-0.15, -0.1) is 11.3 Å². The first-order chi connectivity index (χ1) is 7.68. The van der Waals surface area contributed by atoms with Crippen molar-refractivity contribution in [1.82, 2.24) is 5.32 Å². The summed E-state index contributed by atoms with van der Waals surface area (Å²) >= 11 is 10.7. The summed E-state index contributed by atoms with van der Waals surface area (Å²) in [5, 5.41) is 4.83. The largest absolute Gasteiger partial charge is 0.452 e. The molecule has 2 heterocycles. The normalized spacial score (nSPS) is 10.4. The average molecular weight is 321 g/mol. The predicted molar refractivity (Wildman–Crippen MR) is 66.9 cm³/mol. The van der Waals surface area contributed by atoms with Crippen molar-refractivity contribution in [2.24, 2.45) is 0 Å². The summed E-state index contributed by atoms with van der Waals surface area (Å²) in [7, 11) is 0. The van der Waals surface area contributed by atoms with Gasteiger partial charge >= 0.3 is 0 Å². The molecule has 0 unspecified atom stereocenters. The van der Waals surface area contributed by atoms with Crippen LogP contribution in [0.4, 0.5) is 0 Å². The summed E-state index contributed by atoms with van der Waals surface area (Å²) in [6.07, 6.45) is 1.39. The SMILES string of the molecule is O=C(NCc1sccc1Br)c1ccoc1Cl. The monoisotopic (exact) mass is 319 g/mol. The molecule has 0 aromatic carbocycles. The van der Waals surface area contributed by atoms with Gasteiger partial charge in [-0.25, -0.2) is 0 Å². The van der Waals surface area contributed by atoms with Crippen molar-refractivity contribution < 1.29 is 9.21 Å². The molecule has 0 fully saturated rings. The minimum atomic E-state index is -0.237. The standard InChI is InChI=1S/C10H7BrClNO2S/c11-7-2-4-16-8(7)5-13-10(14)6-1-3-15-9(6)12/h1-4H,5H2,(H,13,14). The fourth-order valence-corrected chi connectivity index (χ4v) is 2.80. The van der Waals surface area contributed by atoms with Crippen molar-refractivity contribution in [2.45, 2.75) is 6.54 Å². The molecule has 1 N–H and O–H groups in total. The fourth-order valence-electron chi connectivity index (χ4n) is 1.16. The van der Waals surface area contributed by atoms with Crippen molar-refractivity contribution in [3.63, 3.8) is 0 Å². The molecule has 84 valence electrons. The number of hydrogen-bond acceptors (Lipinski definition) is 3. The van der Waals surface area contributed by atoms with Crippen LogP contribution < -0.4 is 5.32 Å². The van der Waals surface area contributed by atoms with Crippen molar-refractivity contribution >= 4 is 44.8 Å². The average Bonchev–Trinajstić information content (AvgIpc) is 2.84. The topological polar surface area (TPSA) is 42.2 Å². The number of carbonyl (C=O) groups excluding carboxylic acids is 1. The van der Waals surface area contributed by atoms with Crippen molar-refractivity contribution in [3.05, 3.63) is 43.9 Å². The molecule has 0 bridgehead atoms. The summed E-state index contributed by atoms with van der Waals surface area (Å²) in [5.41, 5.74) is 0.356. The van der Waals surface area contributed by atoms with Crippen LogP contribution in [0.15, 0.2) is 32.7 Å². The second kappa shape index (κ2) is 5.03. The van der Waals surface area contributed by atoms with E-state index in [9.17, 15) is 4.79 Å². The Morgan fingerprint density at radius 3 is 2.94 bits per heavy atom. The van der Waals surface area contributed by atoms with Gasteiger partial charge in [0.25, 0.3) is 5.91 Å². The molecule has 0 aliphatic carbocycles. The van der Waals surface area contributed by atoms with Crippen molar-refractivity contribution in [1.29, 1.82) is 0 Å². The lowest BCUT2D eigenvalue weighted by molar-refractivity contribution is 0.0951. The zero-order chi connectivity index (χ0) is 11.5. The van der Waals surface area contributed by atoms with E-state index in [1.807, 2.05) is 11.4 Å². The number of halogens is 2. The number of thiophene rings is 1. The lowest BCUT2D eigenvalue weighted by Crippen LogP contribution is -2.22. The van der Waals surface area contributed by atoms with E-state index in [0.29, 0.717) is 12.1 Å². The van der Waals surface area contributed by atoms with Crippen LogP contribution in [0.25, 0.3) is 0 Å². The van der Waals surface area contributed by atoms with E-state index in [0.717, 1.165) is 9.35 Å². The first-order valence-electron chi connectivity index (χ1n) is 4.41. The first-order valence-corrected chi connectivity index (χ1v) is 6.46. The molecule has 0 aliphatic rings. The smallest absolute Gasteiger partial charge is 0.256 e. The maximum absolute atomic E-state index is 11.7. The molecule has 1 amide bonds. The Bertz CT molecular complexity index is 508. The Kier molecular flexibility index (Phi) is 3.68. The van der Waals surface area contributed by atoms with Gasteiger partial charge in [0.05, 0.1) is 18.4 Å². The lowest BCUT2D eigenvalue weighted by Gasteiger charge is -2.02. The second-order valence-electron chi connectivity index (χ2n) is 2.98. The number of amides is 1. The lowest BCUT2D eigenvalue weighted by atomic mass is 10.3. The van der Waals surface area contributed by atoms with Crippen molar-refractivity contribution in [2.75, 3.05) is 0 Å². The maximum Gasteiger partial charge on any atom is 0.256 e. The second-order valence-corrected chi connectivity index (χ2v) is 5.18. The third kappa shape index (κ3) is 2.48. The Hall–Kier alpha value is -0.780. The molecule has 0 radical (unpaired) electrons. The summed E-state index contributed by atoms with van der Waals surface area (Å²) < 4.78 is 5.84. The maximum atomic E-state index is 11.7. The molecule has 16 heavy (non-hydrogen) atoms. The van der Waals surface area contributed by atoms with E-state index < -0.39 is 0 Å². The predicted octanol–water partition coefficient (Wildman–Crippen LogP) is 3.69. The molecule has 0 saturated heterocycles. The third-order valence-corrected chi connectivity index (χ3v) is 4.18. The van der Waals surface area contributed by atoms with Crippen LogP contribution in [-0.4, -0.2) is 5.91 Å². The van der Waals surface area contributed by atoms with Crippen LogP contribution in [0.5, 0.6) is 0 Å². The van der Waals surface area contributed by atoms with Crippen LogP contribution in [0.1, 0.15) is 15.2 Å². The number of carbonyl (C=O) groups is 1. The van der Waals surface area contributed by atoms with E-state index in [4.69, 9.17) is 16.0 Å². The third-order valence-electron chi connectivity index (χ3n) is 1.96. The Balaban J connectivity index is 1.99. The van der Waals surface area contributed by atoms with E-state index in [-0.39, 0.29) is 11.1 Å². The van der Waals surface area contributed by atoms with Gasteiger partial charge in [-0.1, -0.05) is 0 Å². The number of furan rings is 1. The fraction of sp³-hybridized carbons (Fsp3) is 0.100. The Morgan fingerprint density at radius 2 is 2.38 bits per heavy atom. The molecule has 2 aromatic heterocycles. The van der Waals surface area contributed by atoms with Crippen LogP contribution in [0.3, 0.4) is 0 Å². The highest BCUT2D eigenvalue weighted by Crippen LogP contribution is 2.22.